The number of hydrogen-bond acceptors (Lipinski definition) is 3. The predicted molar refractivity (Wildman–Crippen MR) is 247 cm³/mol. The van der Waals surface area contributed by atoms with Crippen molar-refractivity contribution >= 4 is 61.7 Å². The van der Waals surface area contributed by atoms with Crippen LogP contribution in [0.5, 0.6) is 0 Å². The molecule has 7 aromatic rings. The second-order valence-electron chi connectivity index (χ2n) is 14.0. The van der Waals surface area contributed by atoms with Crippen LogP contribution in [0, 0.1) is 13.5 Å². The molecular weight excluding hydrogens is 725 g/mol. The molecule has 0 aliphatic heterocycles. The van der Waals surface area contributed by atoms with Crippen LogP contribution in [-0.2, 0) is 0 Å². The zero-order valence-corrected chi connectivity index (χ0v) is 33.9. The van der Waals surface area contributed by atoms with Crippen LogP contribution in [0.3, 0.4) is 0 Å². The van der Waals surface area contributed by atoms with Crippen molar-refractivity contribution < 1.29 is 4.58 Å². The molecule has 0 bridgehead atoms. The highest BCUT2D eigenvalue weighted by molar-refractivity contribution is 7.18. The molecule has 0 saturated carbocycles. The Hall–Kier alpha value is -7.00. The third kappa shape index (κ3) is 7.59. The lowest BCUT2D eigenvalue weighted by molar-refractivity contribution is -0.434. The monoisotopic (exact) mass is 769 g/mol. The Bertz CT molecular complexity index is 2660. The molecule has 0 saturated heterocycles. The Morgan fingerprint density at radius 1 is 0.621 bits per heavy atom. The van der Waals surface area contributed by atoms with E-state index in [1.165, 1.54) is 0 Å². The van der Waals surface area contributed by atoms with E-state index < -0.39 is 0 Å². The van der Waals surface area contributed by atoms with Gasteiger partial charge in [-0.2, -0.15) is 4.58 Å². The van der Waals surface area contributed by atoms with E-state index in [-0.39, 0.29) is 0 Å². The molecule has 1 aromatic heterocycles. The summed E-state index contributed by atoms with van der Waals surface area (Å²) in [7, 11) is 0. The SMILES string of the molecule is [C-]#[N+]c1c(N(c2ccccc2)c2ccccc2C)sc(C(=C2C=CC(=[N+](CC)c3ccccc3)C=C2)c2ccc(N(CC)c3ccccc3)cc2)c1-c1ccccc1. The molecule has 4 nitrogen and oxygen atoms in total. The van der Waals surface area contributed by atoms with E-state index >= 15 is 0 Å². The van der Waals surface area contributed by atoms with Gasteiger partial charge in [0.25, 0.3) is 0 Å². The van der Waals surface area contributed by atoms with Crippen LogP contribution in [0.2, 0.25) is 0 Å². The Morgan fingerprint density at radius 3 is 1.76 bits per heavy atom. The van der Waals surface area contributed by atoms with Crippen molar-refractivity contribution in [2.24, 2.45) is 0 Å². The van der Waals surface area contributed by atoms with E-state index in [2.05, 4.69) is 222 Å². The zero-order valence-electron chi connectivity index (χ0n) is 33.1. The standard InChI is InChI=1S/C53H45N4S/c1-5-55(43-24-13-8-14-25-43)45-35-31-41(32-36-45)49(42-33-37-46(38-34-42)56(6-2)44-26-15-9-16-27-44)52-50(40-22-11-7-12-23-40)51(54-4)53(58-52)57(47-28-17-10-18-29-47)48-30-20-19-21-39(48)3/h7-38H,5-6H2,1-3H3/q+1. The van der Waals surface area contributed by atoms with Crippen molar-refractivity contribution in [2.75, 3.05) is 22.9 Å². The van der Waals surface area contributed by atoms with Crippen LogP contribution in [0.4, 0.5) is 39.1 Å². The van der Waals surface area contributed by atoms with E-state index in [0.717, 1.165) is 90.5 Å². The third-order valence-electron chi connectivity index (χ3n) is 10.5. The summed E-state index contributed by atoms with van der Waals surface area (Å²) in [5, 5.41) is 0.887. The number of anilines is 5. The second kappa shape index (κ2) is 17.4. The highest BCUT2D eigenvalue weighted by Gasteiger charge is 2.30. The zero-order chi connectivity index (χ0) is 39.8. The summed E-state index contributed by atoms with van der Waals surface area (Å²) in [4.78, 5) is 10.0. The Labute approximate surface area is 346 Å². The lowest BCUT2D eigenvalue weighted by atomic mass is 9.91. The number of nitrogens with zero attached hydrogens (tertiary/aromatic N) is 4. The number of para-hydroxylation sites is 4. The molecule has 0 fully saturated rings. The summed E-state index contributed by atoms with van der Waals surface area (Å²) in [6, 6.07) is 59.3. The van der Waals surface area contributed by atoms with E-state index in [0.29, 0.717) is 5.69 Å². The number of rotatable bonds is 11. The number of aryl methyl sites for hydroxylation is 1. The second-order valence-corrected chi connectivity index (χ2v) is 15.0. The molecule has 58 heavy (non-hydrogen) atoms. The molecule has 282 valence electrons. The maximum Gasteiger partial charge on any atom is 0.229 e. The summed E-state index contributed by atoms with van der Waals surface area (Å²) < 4.78 is 2.33. The van der Waals surface area contributed by atoms with Crippen LogP contribution < -0.4 is 9.80 Å². The molecular formula is C53H45N4S+. The maximum absolute atomic E-state index is 8.85. The quantitative estimate of drug-likeness (QED) is 0.0961. The molecule has 0 amide bonds. The first-order valence-corrected chi connectivity index (χ1v) is 20.6. The fourth-order valence-electron chi connectivity index (χ4n) is 7.76. The van der Waals surface area contributed by atoms with Gasteiger partial charge in [0, 0.05) is 69.6 Å². The van der Waals surface area contributed by atoms with Gasteiger partial charge in [0.15, 0.2) is 0 Å². The molecule has 1 aliphatic carbocycles. The highest BCUT2D eigenvalue weighted by Crippen LogP contribution is 2.56. The molecule has 6 aromatic carbocycles. The lowest BCUT2D eigenvalue weighted by Gasteiger charge is -2.26. The normalized spacial score (nSPS) is 12.0. The van der Waals surface area contributed by atoms with Crippen LogP contribution in [-0.4, -0.2) is 23.4 Å². The first-order valence-electron chi connectivity index (χ1n) is 19.8. The van der Waals surface area contributed by atoms with Crippen molar-refractivity contribution in [2.45, 2.75) is 20.8 Å². The first kappa shape index (κ1) is 37.9. The van der Waals surface area contributed by atoms with Gasteiger partial charge < -0.3 is 9.80 Å². The van der Waals surface area contributed by atoms with Crippen molar-refractivity contribution in [3.05, 3.63) is 227 Å². The minimum Gasteiger partial charge on any atom is -0.342 e. The molecule has 0 atom stereocenters. The van der Waals surface area contributed by atoms with Gasteiger partial charge in [-0.15, -0.1) is 11.3 Å². The van der Waals surface area contributed by atoms with Gasteiger partial charge in [0.2, 0.25) is 17.1 Å². The lowest BCUT2D eigenvalue weighted by Crippen LogP contribution is -2.15. The fraction of sp³-hybridized carbons (Fsp3) is 0.0943. The average Bonchev–Trinajstić information content (AvgIpc) is 3.66. The van der Waals surface area contributed by atoms with E-state index in [4.69, 9.17) is 6.57 Å². The number of thiophene rings is 1. The van der Waals surface area contributed by atoms with Crippen molar-refractivity contribution in [1.29, 1.82) is 0 Å². The topological polar surface area (TPSA) is 13.8 Å². The van der Waals surface area contributed by atoms with Gasteiger partial charge in [-0.1, -0.05) is 115 Å². The fourth-order valence-corrected chi connectivity index (χ4v) is 9.15. The van der Waals surface area contributed by atoms with Gasteiger partial charge >= 0.3 is 0 Å². The molecule has 0 N–H and O–H groups in total. The average molecular weight is 770 g/mol. The van der Waals surface area contributed by atoms with E-state index in [9.17, 15) is 0 Å². The molecule has 1 heterocycles. The Kier molecular flexibility index (Phi) is 11.4. The summed E-state index contributed by atoms with van der Waals surface area (Å²) >= 11 is 1.69. The number of allylic oxidation sites excluding steroid dienone is 5. The summed E-state index contributed by atoms with van der Waals surface area (Å²) in [5.41, 5.74) is 13.6. The number of hydrogen-bond donors (Lipinski definition) is 0. The number of benzene rings is 6. The van der Waals surface area contributed by atoms with Crippen molar-refractivity contribution in [3.8, 4) is 11.1 Å². The van der Waals surface area contributed by atoms with Gasteiger partial charge in [0.1, 0.15) is 11.5 Å². The maximum atomic E-state index is 8.85. The smallest absolute Gasteiger partial charge is 0.229 e. The van der Waals surface area contributed by atoms with E-state index in [1.807, 2.05) is 12.1 Å². The Balaban J connectivity index is 1.39. The highest BCUT2D eigenvalue weighted by atomic mass is 32.1. The molecule has 5 heteroatoms. The molecule has 0 radical (unpaired) electrons. The van der Waals surface area contributed by atoms with Crippen molar-refractivity contribution in [3.63, 3.8) is 0 Å². The minimum atomic E-state index is 0.631. The van der Waals surface area contributed by atoms with Crippen LogP contribution in [0.1, 0.15) is 29.9 Å². The van der Waals surface area contributed by atoms with E-state index in [1.54, 1.807) is 11.3 Å². The minimum absolute atomic E-state index is 0.631. The van der Waals surface area contributed by atoms with Gasteiger partial charge in [0.05, 0.1) is 6.57 Å². The van der Waals surface area contributed by atoms with Gasteiger partial charge in [-0.3, -0.25) is 0 Å². The molecule has 1 aliphatic rings. The van der Waals surface area contributed by atoms with Crippen LogP contribution >= 0.6 is 11.3 Å². The third-order valence-corrected chi connectivity index (χ3v) is 11.7. The first-order chi connectivity index (χ1) is 28.6. The van der Waals surface area contributed by atoms with Crippen LogP contribution in [0.15, 0.2) is 200 Å². The molecule has 0 spiro atoms. The van der Waals surface area contributed by atoms with Gasteiger partial charge in [-0.25, -0.2) is 4.85 Å². The molecule has 8 rings (SSSR count). The largest absolute Gasteiger partial charge is 0.342 e. The Morgan fingerprint density at radius 2 is 1.17 bits per heavy atom. The van der Waals surface area contributed by atoms with Gasteiger partial charge in [-0.05, 0) is 97.7 Å². The summed E-state index contributed by atoms with van der Waals surface area (Å²) in [5.74, 6) is 0. The van der Waals surface area contributed by atoms with Crippen molar-refractivity contribution in [1.82, 2.24) is 0 Å². The van der Waals surface area contributed by atoms with Crippen LogP contribution in [0.25, 0.3) is 21.5 Å². The summed E-state index contributed by atoms with van der Waals surface area (Å²) in [6.45, 7) is 17.0. The summed E-state index contributed by atoms with van der Waals surface area (Å²) in [6.07, 6.45) is 8.94. The molecule has 0 unspecified atom stereocenters. The predicted octanol–water partition coefficient (Wildman–Crippen LogP) is 14.6.